The van der Waals surface area contributed by atoms with Crippen LogP contribution >= 0.6 is 15.9 Å². The molecule has 0 aliphatic rings. The minimum atomic E-state index is -0.449. The van der Waals surface area contributed by atoms with Crippen LogP contribution in [0, 0.1) is 10.1 Å². The molecule has 19 heavy (non-hydrogen) atoms. The average Bonchev–Trinajstić information content (AvgIpc) is 2.41. The van der Waals surface area contributed by atoms with Gasteiger partial charge in [0, 0.05) is 17.2 Å². The molecule has 7 heteroatoms. The number of nitro groups is 1. The zero-order valence-electron chi connectivity index (χ0n) is 10.1. The van der Waals surface area contributed by atoms with E-state index in [0.717, 1.165) is 10.2 Å². The second-order valence-corrected chi connectivity index (χ2v) is 4.65. The molecule has 0 amide bonds. The lowest BCUT2D eigenvalue weighted by Gasteiger charge is -2.07. The number of rotatable bonds is 4. The smallest absolute Gasteiger partial charge is 0.276 e. The zero-order valence-corrected chi connectivity index (χ0v) is 11.6. The summed E-state index contributed by atoms with van der Waals surface area (Å²) in [7, 11) is 1.66. The van der Waals surface area contributed by atoms with Gasteiger partial charge in [0.25, 0.3) is 5.69 Å². The minimum Gasteiger partial charge on any atom is -0.373 e. The third-order valence-electron chi connectivity index (χ3n) is 2.39. The summed E-state index contributed by atoms with van der Waals surface area (Å²) in [5.41, 5.74) is 0.789. The molecule has 0 fully saturated rings. The maximum atomic E-state index is 10.8. The molecule has 0 unspecified atom stereocenters. The predicted octanol–water partition coefficient (Wildman–Crippen LogP) is 3.54. The maximum absolute atomic E-state index is 10.8. The van der Waals surface area contributed by atoms with E-state index in [2.05, 4.69) is 31.5 Å². The highest BCUT2D eigenvalue weighted by molar-refractivity contribution is 9.10. The fourth-order valence-electron chi connectivity index (χ4n) is 1.49. The fourth-order valence-corrected chi connectivity index (χ4v) is 1.76. The highest BCUT2D eigenvalue weighted by Crippen LogP contribution is 2.24. The Kier molecular flexibility index (Phi) is 3.96. The van der Waals surface area contributed by atoms with Crippen LogP contribution in [0.1, 0.15) is 0 Å². The summed E-state index contributed by atoms with van der Waals surface area (Å²) in [6.07, 6.45) is 0. The first-order chi connectivity index (χ1) is 9.08. The Bertz CT molecular complexity index is 601. The molecular weight excluding hydrogens is 312 g/mol. The number of hydrogen-bond acceptors (Lipinski definition) is 5. The molecule has 0 aliphatic carbocycles. The summed E-state index contributed by atoms with van der Waals surface area (Å²) in [6, 6.07) is 10.2. The molecular formula is C12H11BrN4O2. The number of nitrogens with one attached hydrogen (secondary N) is 2. The van der Waals surface area contributed by atoms with Crippen molar-refractivity contribution in [3.63, 3.8) is 0 Å². The van der Waals surface area contributed by atoms with E-state index in [-0.39, 0.29) is 5.69 Å². The average molecular weight is 323 g/mol. The van der Waals surface area contributed by atoms with E-state index in [9.17, 15) is 10.1 Å². The van der Waals surface area contributed by atoms with Gasteiger partial charge in [0.15, 0.2) is 0 Å². The molecule has 0 radical (unpaired) electrons. The van der Waals surface area contributed by atoms with Crippen LogP contribution in [-0.2, 0) is 0 Å². The van der Waals surface area contributed by atoms with Gasteiger partial charge >= 0.3 is 0 Å². The molecule has 2 rings (SSSR count). The largest absolute Gasteiger partial charge is 0.373 e. The van der Waals surface area contributed by atoms with E-state index in [1.54, 1.807) is 7.05 Å². The minimum absolute atomic E-state index is 0.0149. The van der Waals surface area contributed by atoms with Gasteiger partial charge in [-0.2, -0.15) is 0 Å². The molecule has 0 saturated heterocycles. The molecule has 2 N–H and O–H groups in total. The molecule has 98 valence electrons. The molecule has 6 nitrogen and oxygen atoms in total. The number of anilines is 3. The molecule has 0 aliphatic heterocycles. The first-order valence-corrected chi connectivity index (χ1v) is 6.24. The number of benzene rings is 1. The molecule has 1 aromatic carbocycles. The molecule has 1 heterocycles. The van der Waals surface area contributed by atoms with Gasteiger partial charge in [0.2, 0.25) is 0 Å². The summed E-state index contributed by atoms with van der Waals surface area (Å²) in [5, 5.41) is 16.7. The Hall–Kier alpha value is -2.15. The van der Waals surface area contributed by atoms with Gasteiger partial charge in [-0.1, -0.05) is 15.9 Å². The molecule has 0 bridgehead atoms. The number of pyridine rings is 1. The summed E-state index contributed by atoms with van der Waals surface area (Å²) < 4.78 is 0.959. The van der Waals surface area contributed by atoms with Crippen molar-refractivity contribution in [1.82, 2.24) is 4.98 Å². The van der Waals surface area contributed by atoms with Crippen LogP contribution in [0.4, 0.5) is 23.0 Å². The van der Waals surface area contributed by atoms with Crippen LogP contribution in [0.5, 0.6) is 0 Å². The van der Waals surface area contributed by atoms with Crippen molar-refractivity contribution in [3.8, 4) is 0 Å². The normalized spacial score (nSPS) is 10.0. The van der Waals surface area contributed by atoms with E-state index in [0.29, 0.717) is 11.6 Å². The lowest BCUT2D eigenvalue weighted by molar-refractivity contribution is -0.384. The fraction of sp³-hybridized carbons (Fsp3) is 0.0833. The Morgan fingerprint density at radius 1 is 1.21 bits per heavy atom. The Balaban J connectivity index is 2.31. The van der Waals surface area contributed by atoms with Gasteiger partial charge < -0.3 is 10.6 Å². The topological polar surface area (TPSA) is 80.1 Å². The van der Waals surface area contributed by atoms with Gasteiger partial charge in [-0.25, -0.2) is 4.98 Å². The van der Waals surface area contributed by atoms with Crippen molar-refractivity contribution >= 4 is 38.9 Å². The van der Waals surface area contributed by atoms with Crippen molar-refractivity contribution in [1.29, 1.82) is 0 Å². The van der Waals surface area contributed by atoms with Crippen molar-refractivity contribution in [3.05, 3.63) is 51.0 Å². The van der Waals surface area contributed by atoms with Gasteiger partial charge in [0.1, 0.15) is 11.6 Å². The van der Waals surface area contributed by atoms with Gasteiger partial charge in [-0.05, 0) is 24.3 Å². The SMILES string of the molecule is CNc1cc([N+](=O)[O-])cc(Nc2ccc(Br)cc2)n1. The first kappa shape index (κ1) is 13.3. The second kappa shape index (κ2) is 5.66. The Morgan fingerprint density at radius 3 is 2.42 bits per heavy atom. The molecule has 1 aromatic heterocycles. The van der Waals surface area contributed by atoms with Crippen LogP contribution in [-0.4, -0.2) is 17.0 Å². The van der Waals surface area contributed by atoms with Crippen molar-refractivity contribution in [2.75, 3.05) is 17.7 Å². The van der Waals surface area contributed by atoms with Crippen molar-refractivity contribution in [2.24, 2.45) is 0 Å². The third kappa shape index (κ3) is 3.41. The second-order valence-electron chi connectivity index (χ2n) is 3.73. The van der Waals surface area contributed by atoms with Crippen LogP contribution in [0.15, 0.2) is 40.9 Å². The highest BCUT2D eigenvalue weighted by Gasteiger charge is 2.10. The van der Waals surface area contributed by atoms with Crippen molar-refractivity contribution < 1.29 is 4.92 Å². The van der Waals surface area contributed by atoms with Crippen LogP contribution in [0.2, 0.25) is 0 Å². The quantitative estimate of drug-likeness (QED) is 0.664. The lowest BCUT2D eigenvalue weighted by atomic mass is 10.3. The van der Waals surface area contributed by atoms with Crippen LogP contribution in [0.25, 0.3) is 0 Å². The van der Waals surface area contributed by atoms with E-state index in [1.807, 2.05) is 24.3 Å². The summed E-state index contributed by atoms with van der Waals surface area (Å²) in [6.45, 7) is 0. The summed E-state index contributed by atoms with van der Waals surface area (Å²) in [4.78, 5) is 14.6. The van der Waals surface area contributed by atoms with E-state index in [4.69, 9.17) is 0 Å². The molecule has 2 aromatic rings. The zero-order chi connectivity index (χ0) is 13.8. The summed E-state index contributed by atoms with van der Waals surface area (Å²) >= 11 is 3.34. The van der Waals surface area contributed by atoms with Gasteiger partial charge in [-0.3, -0.25) is 10.1 Å². The Morgan fingerprint density at radius 2 is 1.84 bits per heavy atom. The lowest BCUT2D eigenvalue weighted by Crippen LogP contribution is -2.00. The first-order valence-electron chi connectivity index (χ1n) is 5.45. The predicted molar refractivity (Wildman–Crippen MR) is 77.9 cm³/mol. The highest BCUT2D eigenvalue weighted by atomic mass is 79.9. The van der Waals surface area contributed by atoms with Crippen LogP contribution in [0.3, 0.4) is 0 Å². The number of aromatic nitrogens is 1. The number of nitrogens with zero attached hydrogens (tertiary/aromatic N) is 2. The van der Waals surface area contributed by atoms with Gasteiger partial charge in [-0.15, -0.1) is 0 Å². The molecule has 0 atom stereocenters. The molecule has 0 spiro atoms. The van der Waals surface area contributed by atoms with Crippen LogP contribution < -0.4 is 10.6 Å². The van der Waals surface area contributed by atoms with Crippen molar-refractivity contribution in [2.45, 2.75) is 0 Å². The van der Waals surface area contributed by atoms with E-state index in [1.165, 1.54) is 12.1 Å². The monoisotopic (exact) mass is 322 g/mol. The number of halogens is 1. The Labute approximate surface area is 118 Å². The number of hydrogen-bond donors (Lipinski definition) is 2. The standard InChI is InChI=1S/C12H11BrN4O2/c1-14-11-6-10(17(18)19)7-12(16-11)15-9-4-2-8(13)3-5-9/h2-7H,1H3,(H2,14,15,16). The summed E-state index contributed by atoms with van der Waals surface area (Å²) in [5.74, 6) is 0.856. The van der Waals surface area contributed by atoms with E-state index < -0.39 is 4.92 Å². The van der Waals surface area contributed by atoms with Gasteiger partial charge in [0.05, 0.1) is 17.1 Å². The molecule has 0 saturated carbocycles. The third-order valence-corrected chi connectivity index (χ3v) is 2.92. The van der Waals surface area contributed by atoms with E-state index >= 15 is 0 Å². The maximum Gasteiger partial charge on any atom is 0.276 e.